The highest BCUT2D eigenvalue weighted by atomic mass is 79.9. The molecule has 0 radical (unpaired) electrons. The highest BCUT2D eigenvalue weighted by molar-refractivity contribution is 9.10. The van der Waals surface area contributed by atoms with E-state index in [9.17, 15) is 14.9 Å². The number of furan rings is 1. The van der Waals surface area contributed by atoms with Gasteiger partial charge in [0.15, 0.2) is 5.69 Å². The monoisotopic (exact) mass is 431 g/mol. The second kappa shape index (κ2) is 7.96. The lowest BCUT2D eigenvalue weighted by Gasteiger charge is -2.01. The fourth-order valence-corrected chi connectivity index (χ4v) is 2.77. The number of hydrogen-bond donors (Lipinski definition) is 1. The van der Waals surface area contributed by atoms with Crippen LogP contribution in [0.3, 0.4) is 0 Å². The second-order valence-electron chi connectivity index (χ2n) is 5.59. The van der Waals surface area contributed by atoms with Crippen molar-refractivity contribution >= 4 is 33.7 Å². The van der Waals surface area contributed by atoms with Gasteiger partial charge in [0.1, 0.15) is 11.5 Å². The zero-order chi connectivity index (χ0) is 19.4. The number of hydrogen-bond acceptors (Lipinski definition) is 6. The Bertz CT molecular complexity index is 1010. The highest BCUT2D eigenvalue weighted by Gasteiger charge is 2.15. The van der Waals surface area contributed by atoms with Gasteiger partial charge in [-0.25, -0.2) is 5.43 Å². The van der Waals surface area contributed by atoms with E-state index in [4.69, 9.17) is 4.42 Å². The summed E-state index contributed by atoms with van der Waals surface area (Å²) in [6.45, 7) is 2.17. The normalized spacial score (nSPS) is 11.0. The molecule has 0 atom stereocenters. The predicted molar refractivity (Wildman–Crippen MR) is 101 cm³/mol. The Labute approximate surface area is 162 Å². The van der Waals surface area contributed by atoms with Gasteiger partial charge in [0, 0.05) is 18.3 Å². The van der Waals surface area contributed by atoms with E-state index >= 15 is 0 Å². The van der Waals surface area contributed by atoms with Gasteiger partial charge < -0.3 is 4.42 Å². The van der Waals surface area contributed by atoms with Crippen LogP contribution in [0.2, 0.25) is 0 Å². The van der Waals surface area contributed by atoms with Gasteiger partial charge in [-0.3, -0.25) is 19.6 Å². The van der Waals surface area contributed by atoms with E-state index in [-0.39, 0.29) is 11.4 Å². The molecule has 0 bridgehead atoms. The molecule has 0 fully saturated rings. The minimum Gasteiger partial charge on any atom is -0.460 e. The lowest BCUT2D eigenvalue weighted by molar-refractivity contribution is -0.384. The molecule has 0 saturated carbocycles. The van der Waals surface area contributed by atoms with Gasteiger partial charge in [-0.05, 0) is 40.5 Å². The summed E-state index contributed by atoms with van der Waals surface area (Å²) in [5, 5.41) is 18.8. The molecule has 0 aliphatic heterocycles. The van der Waals surface area contributed by atoms with E-state index in [0.717, 1.165) is 11.3 Å². The van der Waals surface area contributed by atoms with Crippen LogP contribution in [0.4, 0.5) is 5.69 Å². The third-order valence-electron chi connectivity index (χ3n) is 3.54. The Morgan fingerprint density at radius 2 is 2.11 bits per heavy atom. The minimum atomic E-state index is -0.483. The van der Waals surface area contributed by atoms with Crippen LogP contribution in [-0.4, -0.2) is 26.8 Å². The summed E-state index contributed by atoms with van der Waals surface area (Å²) in [4.78, 5) is 22.4. The topological polar surface area (TPSA) is 116 Å². The van der Waals surface area contributed by atoms with Crippen molar-refractivity contribution in [1.29, 1.82) is 0 Å². The molecule has 0 aliphatic carbocycles. The number of carbonyl (C=O) groups is 1. The molecule has 9 nitrogen and oxygen atoms in total. The van der Waals surface area contributed by atoms with Crippen LogP contribution >= 0.6 is 15.9 Å². The van der Waals surface area contributed by atoms with Gasteiger partial charge in [0.05, 0.1) is 22.2 Å². The molecule has 2 heterocycles. The molecule has 0 saturated heterocycles. The van der Waals surface area contributed by atoms with Crippen molar-refractivity contribution in [3.05, 3.63) is 80.0 Å². The fourth-order valence-electron chi connectivity index (χ4n) is 2.27. The first-order chi connectivity index (χ1) is 12.9. The maximum Gasteiger partial charge on any atom is 0.293 e. The van der Waals surface area contributed by atoms with Crippen LogP contribution in [0.1, 0.15) is 27.6 Å². The lowest BCUT2D eigenvalue weighted by atomic mass is 10.2. The Morgan fingerprint density at radius 1 is 1.37 bits per heavy atom. The third-order valence-corrected chi connectivity index (χ3v) is 4.12. The van der Waals surface area contributed by atoms with Gasteiger partial charge in [0.2, 0.25) is 0 Å². The van der Waals surface area contributed by atoms with E-state index in [1.807, 2.05) is 6.92 Å². The van der Waals surface area contributed by atoms with Crippen LogP contribution in [0.15, 0.2) is 56.6 Å². The molecule has 0 unspecified atom stereocenters. The lowest BCUT2D eigenvalue weighted by Crippen LogP contribution is -2.19. The molecule has 2 aromatic heterocycles. The van der Waals surface area contributed by atoms with Crippen LogP contribution in [0.5, 0.6) is 0 Å². The predicted octanol–water partition coefficient (Wildman–Crippen LogP) is 3.27. The zero-order valence-corrected chi connectivity index (χ0v) is 15.7. The van der Waals surface area contributed by atoms with Crippen molar-refractivity contribution in [2.75, 3.05) is 0 Å². The SMILES string of the molecule is Cc1ccc(C=NNC(=O)c2nn(Cc3ccc([N+](=O)[O-])cc3)cc2Br)o1. The number of nitrogens with one attached hydrogen (secondary N) is 1. The van der Waals surface area contributed by atoms with Crippen LogP contribution in [0, 0.1) is 17.0 Å². The number of hydrazone groups is 1. The molecule has 3 rings (SSSR count). The minimum absolute atomic E-state index is 0.0186. The first kappa shape index (κ1) is 18.5. The highest BCUT2D eigenvalue weighted by Crippen LogP contribution is 2.17. The molecular weight excluding hydrogens is 418 g/mol. The summed E-state index contributed by atoms with van der Waals surface area (Å²) >= 11 is 3.30. The van der Waals surface area contributed by atoms with E-state index in [1.165, 1.54) is 18.3 Å². The number of halogens is 1. The number of nitro benzene ring substituents is 1. The Morgan fingerprint density at radius 3 is 2.74 bits per heavy atom. The molecule has 0 spiro atoms. The molecule has 27 heavy (non-hydrogen) atoms. The smallest absolute Gasteiger partial charge is 0.293 e. The van der Waals surface area contributed by atoms with Crippen molar-refractivity contribution in [1.82, 2.24) is 15.2 Å². The number of aryl methyl sites for hydroxylation is 1. The maximum atomic E-state index is 12.2. The van der Waals surface area contributed by atoms with Crippen molar-refractivity contribution in [3.8, 4) is 0 Å². The first-order valence-electron chi connectivity index (χ1n) is 7.78. The van der Waals surface area contributed by atoms with E-state index in [0.29, 0.717) is 16.8 Å². The van der Waals surface area contributed by atoms with Crippen molar-refractivity contribution in [2.24, 2.45) is 5.10 Å². The van der Waals surface area contributed by atoms with Gasteiger partial charge in [-0.2, -0.15) is 10.2 Å². The summed E-state index contributed by atoms with van der Waals surface area (Å²) in [7, 11) is 0. The van der Waals surface area contributed by atoms with Crippen molar-refractivity contribution < 1.29 is 14.1 Å². The number of carbonyl (C=O) groups excluding carboxylic acids is 1. The maximum absolute atomic E-state index is 12.2. The molecule has 1 N–H and O–H groups in total. The van der Waals surface area contributed by atoms with Crippen molar-refractivity contribution in [3.63, 3.8) is 0 Å². The number of nitro groups is 1. The zero-order valence-electron chi connectivity index (χ0n) is 14.1. The van der Waals surface area contributed by atoms with E-state index in [1.54, 1.807) is 35.1 Å². The fraction of sp³-hybridized carbons (Fsp3) is 0.118. The van der Waals surface area contributed by atoms with E-state index < -0.39 is 10.8 Å². The molecule has 1 amide bonds. The Kier molecular flexibility index (Phi) is 5.46. The summed E-state index contributed by atoms with van der Waals surface area (Å²) in [5.74, 6) is 0.787. The standard InChI is InChI=1S/C17H14BrN5O4/c1-11-2-7-14(27-11)8-19-20-17(24)16-15(18)10-22(21-16)9-12-3-5-13(6-4-12)23(25)26/h2-8,10H,9H2,1H3,(H,20,24). The van der Waals surface area contributed by atoms with Gasteiger partial charge in [-0.15, -0.1) is 0 Å². The summed E-state index contributed by atoms with van der Waals surface area (Å²) < 4.78 is 7.38. The van der Waals surface area contributed by atoms with Crippen LogP contribution in [0.25, 0.3) is 0 Å². The quantitative estimate of drug-likeness (QED) is 0.365. The molecular formula is C17H14BrN5O4. The Balaban J connectivity index is 1.65. The number of non-ortho nitro benzene ring substituents is 1. The average Bonchev–Trinajstić information content (AvgIpc) is 3.20. The van der Waals surface area contributed by atoms with Crippen LogP contribution < -0.4 is 5.43 Å². The number of benzene rings is 1. The second-order valence-corrected chi connectivity index (χ2v) is 6.45. The summed E-state index contributed by atoms with van der Waals surface area (Å²) in [5.41, 5.74) is 3.39. The van der Waals surface area contributed by atoms with Gasteiger partial charge >= 0.3 is 0 Å². The Hall–Kier alpha value is -3.27. The first-order valence-corrected chi connectivity index (χ1v) is 8.58. The van der Waals surface area contributed by atoms with Gasteiger partial charge in [0.25, 0.3) is 11.6 Å². The number of aromatic nitrogens is 2. The molecule has 138 valence electrons. The summed E-state index contributed by atoms with van der Waals surface area (Å²) in [6, 6.07) is 9.66. The van der Waals surface area contributed by atoms with Crippen molar-refractivity contribution in [2.45, 2.75) is 13.5 Å². The number of nitrogens with zero attached hydrogens (tertiary/aromatic N) is 4. The van der Waals surface area contributed by atoms with E-state index in [2.05, 4.69) is 31.6 Å². The number of rotatable bonds is 6. The third kappa shape index (κ3) is 4.67. The molecule has 10 heteroatoms. The average molecular weight is 432 g/mol. The number of amides is 1. The molecule has 1 aromatic carbocycles. The molecule has 3 aromatic rings. The summed E-state index contributed by atoms with van der Waals surface area (Å²) in [6.07, 6.45) is 3.04. The molecule has 0 aliphatic rings. The largest absolute Gasteiger partial charge is 0.460 e. The van der Waals surface area contributed by atoms with Crippen LogP contribution in [-0.2, 0) is 6.54 Å². The van der Waals surface area contributed by atoms with Gasteiger partial charge in [-0.1, -0.05) is 12.1 Å².